The summed E-state index contributed by atoms with van der Waals surface area (Å²) in [6.07, 6.45) is -3.96. The topological polar surface area (TPSA) is 51.3 Å². The van der Waals surface area contributed by atoms with Crippen LogP contribution in [-0.2, 0) is 0 Å². The van der Waals surface area contributed by atoms with Crippen LogP contribution in [0.15, 0.2) is 11.0 Å². The van der Waals surface area contributed by atoms with E-state index >= 15 is 0 Å². The molecule has 0 aliphatic heterocycles. The van der Waals surface area contributed by atoms with E-state index in [1.165, 1.54) is 14.0 Å². The van der Waals surface area contributed by atoms with Crippen molar-refractivity contribution in [3.63, 3.8) is 0 Å². The molecule has 0 bridgehead atoms. The fraction of sp³-hybridized carbons (Fsp3) is 0.375. The Morgan fingerprint density at radius 2 is 2.00 bits per heavy atom. The van der Waals surface area contributed by atoms with E-state index in [-0.39, 0.29) is 11.3 Å². The zero-order valence-electron chi connectivity index (χ0n) is 7.94. The summed E-state index contributed by atoms with van der Waals surface area (Å²) in [7, 11) is 1.19. The van der Waals surface area contributed by atoms with Crippen molar-refractivity contribution >= 4 is 0 Å². The zero-order valence-corrected chi connectivity index (χ0v) is 7.94. The van der Waals surface area contributed by atoms with Gasteiger partial charge in [0.2, 0.25) is 0 Å². The lowest BCUT2D eigenvalue weighted by atomic mass is 10.2. The van der Waals surface area contributed by atoms with Crippen LogP contribution in [0, 0.1) is 6.92 Å². The third kappa shape index (κ3) is 2.64. The van der Waals surface area contributed by atoms with Crippen LogP contribution in [0.5, 0.6) is 11.5 Å². The first kappa shape index (κ1) is 11.4. The quantitative estimate of drug-likeness (QED) is 0.828. The number of ether oxygens (including phenoxy) is 2. The fourth-order valence-corrected chi connectivity index (χ4v) is 1.06. The minimum Gasteiger partial charge on any atom is -0.491 e. The molecule has 15 heavy (non-hydrogen) atoms. The van der Waals surface area contributed by atoms with E-state index in [2.05, 4.69) is 14.5 Å². The monoisotopic (exact) mass is 223 g/mol. The molecule has 4 nitrogen and oxygen atoms in total. The molecule has 0 atom stereocenters. The maximum Gasteiger partial charge on any atom is 0.573 e. The lowest BCUT2D eigenvalue weighted by molar-refractivity contribution is -0.275. The molecule has 0 radical (unpaired) electrons. The zero-order chi connectivity index (χ0) is 11.6. The Bertz CT molecular complexity index is 411. The number of nitrogens with one attached hydrogen (secondary N) is 1. The standard InChI is InChI=1S/C8H8F3NO3/c1-4-5(15-8(9,10)11)3-12-7(13)6(4)14-2/h3H,1-2H3,(H,12,13). The predicted molar refractivity (Wildman–Crippen MR) is 45.0 cm³/mol. The number of aromatic amines is 1. The number of hydrogen-bond acceptors (Lipinski definition) is 3. The van der Waals surface area contributed by atoms with Gasteiger partial charge in [-0.1, -0.05) is 0 Å². The minimum atomic E-state index is -4.80. The summed E-state index contributed by atoms with van der Waals surface area (Å²) in [4.78, 5) is 13.1. The third-order valence-corrected chi connectivity index (χ3v) is 1.68. The molecule has 0 unspecified atom stereocenters. The van der Waals surface area contributed by atoms with Crippen molar-refractivity contribution in [2.45, 2.75) is 13.3 Å². The highest BCUT2D eigenvalue weighted by molar-refractivity contribution is 5.40. The molecular formula is C8H8F3NO3. The molecule has 0 saturated heterocycles. The molecule has 1 rings (SSSR count). The van der Waals surface area contributed by atoms with Crippen LogP contribution in [0.3, 0.4) is 0 Å². The van der Waals surface area contributed by atoms with Crippen molar-refractivity contribution in [1.82, 2.24) is 4.98 Å². The normalized spacial score (nSPS) is 11.3. The van der Waals surface area contributed by atoms with E-state index in [9.17, 15) is 18.0 Å². The van der Waals surface area contributed by atoms with Gasteiger partial charge < -0.3 is 14.5 Å². The average molecular weight is 223 g/mol. The maximum atomic E-state index is 11.9. The average Bonchev–Trinajstić information content (AvgIpc) is 2.09. The third-order valence-electron chi connectivity index (χ3n) is 1.68. The Hall–Kier alpha value is -1.66. The van der Waals surface area contributed by atoms with Crippen molar-refractivity contribution in [2.75, 3.05) is 7.11 Å². The highest BCUT2D eigenvalue weighted by Gasteiger charge is 2.32. The van der Waals surface area contributed by atoms with Gasteiger partial charge in [0.05, 0.1) is 7.11 Å². The van der Waals surface area contributed by atoms with Crippen LogP contribution in [0.1, 0.15) is 5.56 Å². The number of pyridine rings is 1. The van der Waals surface area contributed by atoms with Gasteiger partial charge in [0.25, 0.3) is 5.56 Å². The Morgan fingerprint density at radius 1 is 1.40 bits per heavy atom. The largest absolute Gasteiger partial charge is 0.573 e. The molecule has 1 aromatic heterocycles. The van der Waals surface area contributed by atoms with E-state index in [1.54, 1.807) is 0 Å². The number of rotatable bonds is 2. The van der Waals surface area contributed by atoms with Gasteiger partial charge in [-0.2, -0.15) is 0 Å². The summed E-state index contributed by atoms with van der Waals surface area (Å²) < 4.78 is 44.0. The number of methoxy groups -OCH3 is 1. The molecule has 7 heteroatoms. The van der Waals surface area contributed by atoms with E-state index in [4.69, 9.17) is 0 Å². The van der Waals surface area contributed by atoms with Gasteiger partial charge >= 0.3 is 6.36 Å². The van der Waals surface area contributed by atoms with Crippen molar-refractivity contribution in [1.29, 1.82) is 0 Å². The van der Waals surface area contributed by atoms with Gasteiger partial charge in [-0.3, -0.25) is 4.79 Å². The van der Waals surface area contributed by atoms with Crippen LogP contribution in [0.2, 0.25) is 0 Å². The van der Waals surface area contributed by atoms with Gasteiger partial charge in [-0.05, 0) is 6.92 Å². The molecule has 0 saturated carbocycles. The van der Waals surface area contributed by atoms with Gasteiger partial charge in [-0.15, -0.1) is 13.2 Å². The van der Waals surface area contributed by atoms with Crippen molar-refractivity contribution < 1.29 is 22.6 Å². The first-order valence-corrected chi connectivity index (χ1v) is 3.87. The number of alkyl halides is 3. The van der Waals surface area contributed by atoms with E-state index in [0.717, 1.165) is 6.20 Å². The summed E-state index contributed by atoms with van der Waals surface area (Å²) in [6.45, 7) is 1.30. The van der Waals surface area contributed by atoms with Crippen LogP contribution >= 0.6 is 0 Å². The smallest absolute Gasteiger partial charge is 0.491 e. The lowest BCUT2D eigenvalue weighted by Gasteiger charge is -2.12. The first-order valence-electron chi connectivity index (χ1n) is 3.87. The molecule has 1 aromatic rings. The molecule has 0 amide bonds. The van der Waals surface area contributed by atoms with Crippen LogP contribution in [-0.4, -0.2) is 18.5 Å². The number of hydrogen-bond donors (Lipinski definition) is 1. The molecule has 0 spiro atoms. The Balaban J connectivity index is 3.17. The number of H-pyrrole nitrogens is 1. The second-order valence-electron chi connectivity index (χ2n) is 2.69. The van der Waals surface area contributed by atoms with Gasteiger partial charge in [0, 0.05) is 11.8 Å². The predicted octanol–water partition coefficient (Wildman–Crippen LogP) is 1.59. The highest BCUT2D eigenvalue weighted by atomic mass is 19.4. The molecule has 0 fully saturated rings. The van der Waals surface area contributed by atoms with Gasteiger partial charge in [-0.25, -0.2) is 0 Å². The molecule has 1 heterocycles. The van der Waals surface area contributed by atoms with Crippen molar-refractivity contribution in [3.8, 4) is 11.5 Å². The SMILES string of the molecule is COc1c(C)c(OC(F)(F)F)c[nH]c1=O. The fourth-order valence-electron chi connectivity index (χ4n) is 1.06. The Kier molecular flexibility index (Phi) is 2.92. The minimum absolute atomic E-state index is 0.00132. The Labute approximate surface area is 82.6 Å². The summed E-state index contributed by atoms with van der Waals surface area (Å²) in [5.74, 6) is -0.685. The lowest BCUT2D eigenvalue weighted by Crippen LogP contribution is -2.20. The first-order chi connectivity index (χ1) is 6.85. The van der Waals surface area contributed by atoms with E-state index < -0.39 is 17.7 Å². The summed E-state index contributed by atoms with van der Waals surface area (Å²) in [6, 6.07) is 0. The van der Waals surface area contributed by atoms with Gasteiger partial charge in [0.1, 0.15) is 0 Å². The van der Waals surface area contributed by atoms with Crippen LogP contribution in [0.25, 0.3) is 0 Å². The van der Waals surface area contributed by atoms with E-state index in [0.29, 0.717) is 0 Å². The molecule has 0 aliphatic rings. The molecule has 0 aromatic carbocycles. The maximum absolute atomic E-state index is 11.9. The summed E-state index contributed by atoms with van der Waals surface area (Å²) in [5, 5.41) is 0. The molecule has 0 aliphatic carbocycles. The van der Waals surface area contributed by atoms with Crippen LogP contribution < -0.4 is 15.0 Å². The van der Waals surface area contributed by atoms with Crippen LogP contribution in [0.4, 0.5) is 13.2 Å². The number of aromatic nitrogens is 1. The second-order valence-corrected chi connectivity index (χ2v) is 2.69. The molecular weight excluding hydrogens is 215 g/mol. The molecule has 1 N–H and O–H groups in total. The number of halogens is 3. The summed E-state index contributed by atoms with van der Waals surface area (Å²) >= 11 is 0. The highest BCUT2D eigenvalue weighted by Crippen LogP contribution is 2.28. The molecule has 84 valence electrons. The Morgan fingerprint density at radius 3 is 2.47 bits per heavy atom. The van der Waals surface area contributed by atoms with Crippen molar-refractivity contribution in [2.24, 2.45) is 0 Å². The van der Waals surface area contributed by atoms with Crippen molar-refractivity contribution in [3.05, 3.63) is 22.1 Å². The second kappa shape index (κ2) is 3.84. The van der Waals surface area contributed by atoms with E-state index in [1.807, 2.05) is 0 Å². The van der Waals surface area contributed by atoms with Gasteiger partial charge in [0.15, 0.2) is 11.5 Å². The summed E-state index contributed by atoms with van der Waals surface area (Å²) in [5.41, 5.74) is -0.608.